The Morgan fingerprint density at radius 1 is 0.551 bits per heavy atom. The van der Waals surface area contributed by atoms with Gasteiger partial charge in [-0.25, -0.2) is 22.0 Å². The Bertz CT molecular complexity index is 5610. The third-order valence-corrected chi connectivity index (χ3v) is 20.1. The number of alkyl halides is 1. The molecule has 2 aliphatic heterocycles. The molecule has 2 aliphatic rings. The summed E-state index contributed by atoms with van der Waals surface area (Å²) in [6, 6.07) is 70.3. The highest BCUT2D eigenvalue weighted by atomic mass is 127. The van der Waals surface area contributed by atoms with Crippen molar-refractivity contribution in [2.45, 2.75) is 63.0 Å². The molecule has 33 heteroatoms. The second-order valence-electron chi connectivity index (χ2n) is 26.8. The predicted octanol–water partition coefficient (Wildman–Crippen LogP) is 25.7. The number of imide groups is 1. The van der Waals surface area contributed by atoms with Gasteiger partial charge < -0.3 is 53.4 Å². The average Bonchev–Trinajstić information content (AvgIpc) is 0.956. The molecule has 0 unspecified atom stereocenters. The smallest absolute Gasteiger partial charge is 0.262 e. The number of nitrogen functional groups attached to an aromatic ring is 2. The monoisotopic (exact) mass is 2200 g/mol. The van der Waals surface area contributed by atoms with Crippen molar-refractivity contribution in [1.29, 1.82) is 0 Å². The minimum Gasteiger partial charge on any atom is -0.486 e. The Morgan fingerprint density at radius 3 is 1.44 bits per heavy atom. The summed E-state index contributed by atoms with van der Waals surface area (Å²) in [5.41, 5.74) is 26.3. The number of aromatic nitrogens is 1. The maximum absolute atomic E-state index is 12.6. The molecule has 12 aromatic rings. The van der Waals surface area contributed by atoms with Gasteiger partial charge in [-0.3, -0.25) is 38.7 Å². The molecule has 11 aromatic carbocycles. The second kappa shape index (κ2) is 56.7. The first-order valence-corrected chi connectivity index (χ1v) is 43.0. The van der Waals surface area contributed by atoms with Crippen molar-refractivity contribution < 1.29 is 55.5 Å². The van der Waals surface area contributed by atoms with Gasteiger partial charge >= 0.3 is 0 Å². The van der Waals surface area contributed by atoms with Crippen LogP contribution < -0.4 is 53.4 Å². The van der Waals surface area contributed by atoms with Crippen molar-refractivity contribution in [1.82, 2.24) is 9.88 Å². The molecule has 6 amide bonds. The molecule has 1 aromatic heterocycles. The molecule has 0 bridgehead atoms. The minimum atomic E-state index is -0.523. The number of hydrogen-bond donors (Lipinski definition) is 8. The minimum absolute atomic E-state index is 0. The number of pyridine rings is 1. The molecular formula is C94H91Br2Cl5F5I2N11O7S. The zero-order valence-electron chi connectivity index (χ0n) is 67.8. The summed E-state index contributed by atoms with van der Waals surface area (Å²) in [4.78, 5) is 76.4. The van der Waals surface area contributed by atoms with E-state index in [2.05, 4.69) is 127 Å². The number of halogens is 14. The summed E-state index contributed by atoms with van der Waals surface area (Å²) in [5, 5.41) is 14.3. The Balaban J connectivity index is 0.000000369. The first-order chi connectivity index (χ1) is 59.2. The third kappa shape index (κ3) is 40.2. The lowest BCUT2D eigenvalue weighted by Crippen LogP contribution is -2.58. The van der Waals surface area contributed by atoms with E-state index >= 15 is 0 Å². The highest BCUT2D eigenvalue weighted by Gasteiger charge is 2.45. The van der Waals surface area contributed by atoms with Gasteiger partial charge in [0.2, 0.25) is 23.6 Å². The molecule has 14 rings (SSSR count). The number of β-lactam (4-membered cyclic amide) rings is 1. The van der Waals surface area contributed by atoms with E-state index in [1.807, 2.05) is 149 Å². The van der Waals surface area contributed by atoms with Gasteiger partial charge in [0, 0.05) is 93.9 Å². The van der Waals surface area contributed by atoms with Crippen LogP contribution in [0.25, 0.3) is 0 Å². The SMILES string of the molecule is C.C.C#Cc1cccc(N2CC(C)(C)C2=O)c1.CC(=O)Nc1ccc(F)c(Cl)c1.CNc1cccc(Br)c1.Cc1ccc(I)cc1F.Cc1ccc(I)cc1F.Cc1cccc(NC(=O)CN2C(=O)c3ccccc3C2=O)c1.NC(=S)Nc1cccc(Br)c1.Nc1ccc(F)c(Cl)c1.Nc1ccc(OCc2ccccn2)c(Cl)c1.O=C(CCl)Nc1ccc(F)c(Cl)c1. The molecular weight excluding hydrogens is 2110 g/mol. The number of hydrogen-bond acceptors (Lipinski definition) is 12. The highest BCUT2D eigenvalue weighted by molar-refractivity contribution is 14.1. The summed E-state index contributed by atoms with van der Waals surface area (Å²) < 4.78 is 72.2. The zero-order chi connectivity index (χ0) is 92.6. The largest absolute Gasteiger partial charge is 0.486 e. The van der Waals surface area contributed by atoms with Gasteiger partial charge in [-0.05, 0) is 297 Å². The summed E-state index contributed by atoms with van der Waals surface area (Å²) in [6.07, 6.45) is 7.04. The number of nitrogens with one attached hydrogen (secondary N) is 5. The number of anilines is 8. The van der Waals surface area contributed by atoms with Crippen LogP contribution in [0.4, 0.5) is 67.5 Å². The number of aryl methyl sites for hydroxylation is 3. The lowest BCUT2D eigenvalue weighted by atomic mass is 9.82. The first-order valence-electron chi connectivity index (χ1n) is 36.8. The number of rotatable bonds is 12. The third-order valence-electron chi connectivity index (χ3n) is 16.2. The maximum atomic E-state index is 12.6. The fourth-order valence-electron chi connectivity index (χ4n) is 10.0. The molecule has 1 saturated heterocycles. The molecule has 0 radical (unpaired) electrons. The van der Waals surface area contributed by atoms with Crippen LogP contribution >= 0.6 is 147 Å². The number of nitrogens with two attached hydrogens (primary N) is 3. The fraction of sp³-hybridized carbons (Fsp3) is 0.149. The van der Waals surface area contributed by atoms with Crippen molar-refractivity contribution in [2.75, 3.05) is 69.0 Å². The number of terminal acetylenes is 1. The van der Waals surface area contributed by atoms with Gasteiger partial charge in [0.1, 0.15) is 53.9 Å². The lowest BCUT2D eigenvalue weighted by molar-refractivity contribution is -0.132. The summed E-state index contributed by atoms with van der Waals surface area (Å²) in [5.74, 6) is -0.334. The molecule has 668 valence electrons. The van der Waals surface area contributed by atoms with Gasteiger partial charge in [0.05, 0.1) is 42.3 Å². The molecule has 0 aliphatic carbocycles. The lowest BCUT2D eigenvalue weighted by Gasteiger charge is -2.44. The van der Waals surface area contributed by atoms with Crippen molar-refractivity contribution in [3.05, 3.63) is 359 Å². The van der Waals surface area contributed by atoms with Crippen LogP contribution in [-0.2, 0) is 25.8 Å². The average molecular weight is 2200 g/mol. The highest BCUT2D eigenvalue weighted by Crippen LogP contribution is 2.36. The van der Waals surface area contributed by atoms with E-state index in [4.69, 9.17) is 86.4 Å². The van der Waals surface area contributed by atoms with Crippen LogP contribution in [0.2, 0.25) is 20.1 Å². The van der Waals surface area contributed by atoms with Crippen molar-refractivity contribution in [3.8, 4) is 18.1 Å². The number of thiocarbonyl (C=S) groups is 1. The molecule has 0 spiro atoms. The van der Waals surface area contributed by atoms with E-state index in [1.165, 1.54) is 73.7 Å². The van der Waals surface area contributed by atoms with Gasteiger partial charge in [-0.1, -0.05) is 160 Å². The molecule has 0 atom stereocenters. The topological polar surface area (TPSA) is 269 Å². The molecule has 11 N–H and O–H groups in total. The molecule has 18 nitrogen and oxygen atoms in total. The number of carbonyl (C=O) groups excluding carboxylic acids is 6. The van der Waals surface area contributed by atoms with Gasteiger partial charge in [-0.2, -0.15) is 0 Å². The van der Waals surface area contributed by atoms with E-state index in [0.29, 0.717) is 68.1 Å². The van der Waals surface area contributed by atoms with Gasteiger partial charge in [0.15, 0.2) is 5.11 Å². The normalized spacial score (nSPS) is 11.1. The van der Waals surface area contributed by atoms with E-state index in [1.54, 1.807) is 85.6 Å². The molecule has 0 saturated carbocycles. The number of amides is 6. The van der Waals surface area contributed by atoms with E-state index in [0.717, 1.165) is 61.4 Å². The first kappa shape index (κ1) is 111. The zero-order valence-corrected chi connectivity index (χ0v) is 79.9. The maximum Gasteiger partial charge on any atom is 0.262 e. The standard InChI is InChI=1S/C17H14N2O3.C13H13NO.C12H11ClN2O.C8H6Cl2FNO.C8H7ClFNO.C7H7BrN2S.C7H8BrN.2C7H6FI.C6H5ClFN.2CH4/c1-11-5-4-6-12(9-11)18-15(20)10-19-16(21)13-7-2-3-8-14(13)17(19)22;1-4-10-6-5-7-11(8-10)14-9-13(2,3)12(14)15;13-11-7-9(14)4-5-12(11)16-8-10-3-1-2-6-15-10;9-4-8(13)12-5-1-2-7(11)6(10)3-5;1-5(12)11-6-2-3-8(10)7(9)4-6;8-5-2-1-3-6(4-5)10-7(9)11;1-9-7-4-2-3-6(8)5-7;2*1-5-2-3-6(9)4-7(5)8;7-5-3-4(9)1-2-6(5)8;;/h2-9H,10H2,1H3,(H,18,20);1,5-8H,9H2,2-3H3;1-7H,8,14H2;1-3H,4H2,(H,12,13);2-4H,1H3,(H,11,12);1-4H,(H3,9,10,11);2-5,9H,1H3;2*2-4H,1H3;1-3H,9H2;2*1H4. The van der Waals surface area contributed by atoms with E-state index < -0.39 is 35.2 Å². The van der Waals surface area contributed by atoms with Gasteiger partial charge in [-0.15, -0.1) is 18.0 Å². The van der Waals surface area contributed by atoms with Crippen LogP contribution in [0.15, 0.2) is 264 Å². The number of nitrogens with zero attached hydrogens (tertiary/aromatic N) is 3. The summed E-state index contributed by atoms with van der Waals surface area (Å²) in [6.45, 7) is 11.6. The number of fused-ring (bicyclic) bond motifs is 1. The number of carbonyl (C=O) groups is 6. The van der Waals surface area contributed by atoms with Crippen molar-refractivity contribution >= 4 is 233 Å². The Morgan fingerprint density at radius 2 is 1.02 bits per heavy atom. The molecule has 1 fully saturated rings. The van der Waals surface area contributed by atoms with Crippen LogP contribution in [0, 0.1) is 74.8 Å². The Labute approximate surface area is 811 Å². The summed E-state index contributed by atoms with van der Waals surface area (Å²) in [7, 11) is 1.90. The molecule has 3 heterocycles. The fourth-order valence-corrected chi connectivity index (χ4v) is 12.7. The van der Waals surface area contributed by atoms with Crippen molar-refractivity contribution in [2.24, 2.45) is 11.1 Å². The number of ether oxygens (including phenoxy) is 1. The van der Waals surface area contributed by atoms with Crippen LogP contribution in [0.3, 0.4) is 0 Å². The molecule has 127 heavy (non-hydrogen) atoms. The quantitative estimate of drug-likeness (QED) is 0.00826. The Kier molecular flexibility index (Phi) is 49.4. The predicted molar refractivity (Wildman–Crippen MR) is 538 cm³/mol. The van der Waals surface area contributed by atoms with E-state index in [9.17, 15) is 50.7 Å². The van der Waals surface area contributed by atoms with Crippen molar-refractivity contribution in [3.63, 3.8) is 0 Å². The van der Waals surface area contributed by atoms with Crippen LogP contribution in [-0.4, -0.2) is 76.5 Å². The van der Waals surface area contributed by atoms with Crippen LogP contribution in [0.5, 0.6) is 5.75 Å². The van der Waals surface area contributed by atoms with Gasteiger partial charge in [0.25, 0.3) is 11.8 Å². The summed E-state index contributed by atoms with van der Waals surface area (Å²) >= 11 is 43.1. The van der Waals surface area contributed by atoms with Crippen LogP contribution in [0.1, 0.15) is 84.3 Å². The Hall–Kier alpha value is -10.4. The second-order valence-corrected chi connectivity index (χ2v) is 33.4. The van der Waals surface area contributed by atoms with E-state index in [-0.39, 0.29) is 82.2 Å². The number of benzene rings is 11.